The molecule has 3 rings (SSSR count). The van der Waals surface area contributed by atoms with E-state index in [9.17, 15) is 0 Å². The molecule has 1 aromatic carbocycles. The molecule has 0 bridgehead atoms. The lowest BCUT2D eigenvalue weighted by Crippen LogP contribution is -2.13. The Bertz CT molecular complexity index is 496. The van der Waals surface area contributed by atoms with Crippen LogP contribution in [0, 0.1) is 0 Å². The monoisotopic (exact) mass is 245 g/mol. The van der Waals surface area contributed by atoms with Crippen LogP contribution in [-0.4, -0.2) is 15.0 Å². The van der Waals surface area contributed by atoms with Gasteiger partial charge in [-0.15, -0.1) is 11.8 Å². The molecule has 0 spiro atoms. The van der Waals surface area contributed by atoms with Crippen molar-refractivity contribution in [2.75, 3.05) is 0 Å². The van der Waals surface area contributed by atoms with Crippen LogP contribution in [0.3, 0.4) is 0 Å². The first-order valence-corrected chi connectivity index (χ1v) is 6.70. The maximum Gasteiger partial charge on any atom is 0.0760 e. The molecule has 0 fully saturated rings. The lowest BCUT2D eigenvalue weighted by atomic mass is 10.1. The molecule has 0 amide bonds. The Morgan fingerprint density at radius 2 is 2.24 bits per heavy atom. The molecule has 1 aromatic heterocycles. The van der Waals surface area contributed by atoms with Crippen molar-refractivity contribution in [1.29, 1.82) is 0 Å². The van der Waals surface area contributed by atoms with Gasteiger partial charge in [0.15, 0.2) is 0 Å². The standard InChI is InChI=1S/C13H15N3S/c14-8-11-5-6-16(15-11)9-12-7-10-3-1-2-4-13(10)17-12/h1-6,12H,7-9,14H2. The van der Waals surface area contributed by atoms with Crippen LogP contribution in [0.1, 0.15) is 11.3 Å². The van der Waals surface area contributed by atoms with Crippen molar-refractivity contribution >= 4 is 11.8 Å². The van der Waals surface area contributed by atoms with Crippen LogP contribution in [0.5, 0.6) is 0 Å². The van der Waals surface area contributed by atoms with E-state index in [4.69, 9.17) is 5.73 Å². The Hall–Kier alpha value is -1.26. The zero-order valence-corrected chi connectivity index (χ0v) is 10.4. The van der Waals surface area contributed by atoms with Gasteiger partial charge in [0.1, 0.15) is 0 Å². The minimum absolute atomic E-state index is 0.519. The Kier molecular flexibility index (Phi) is 2.91. The number of fused-ring (bicyclic) bond motifs is 1. The Morgan fingerprint density at radius 3 is 3.00 bits per heavy atom. The van der Waals surface area contributed by atoms with Crippen LogP contribution in [-0.2, 0) is 19.5 Å². The minimum atomic E-state index is 0.519. The molecule has 17 heavy (non-hydrogen) atoms. The van der Waals surface area contributed by atoms with Crippen LogP contribution in [0.15, 0.2) is 41.4 Å². The molecule has 0 aliphatic carbocycles. The average molecular weight is 245 g/mol. The van der Waals surface area contributed by atoms with Gasteiger partial charge in [-0.05, 0) is 24.1 Å². The normalized spacial score (nSPS) is 18.3. The van der Waals surface area contributed by atoms with E-state index in [0.29, 0.717) is 11.8 Å². The van der Waals surface area contributed by atoms with Crippen molar-refractivity contribution in [2.45, 2.75) is 29.7 Å². The van der Waals surface area contributed by atoms with E-state index in [0.717, 1.165) is 18.7 Å². The van der Waals surface area contributed by atoms with Gasteiger partial charge in [-0.1, -0.05) is 18.2 Å². The van der Waals surface area contributed by atoms with Crippen LogP contribution in [0.25, 0.3) is 0 Å². The molecule has 2 heterocycles. The first kappa shape index (κ1) is 10.9. The van der Waals surface area contributed by atoms with Crippen LogP contribution in [0.4, 0.5) is 0 Å². The molecule has 2 N–H and O–H groups in total. The second-order valence-electron chi connectivity index (χ2n) is 4.28. The number of rotatable bonds is 3. The highest BCUT2D eigenvalue weighted by Gasteiger charge is 2.22. The summed E-state index contributed by atoms with van der Waals surface area (Å²) < 4.78 is 2.01. The van der Waals surface area contributed by atoms with Gasteiger partial charge in [0.25, 0.3) is 0 Å². The molecule has 1 aliphatic heterocycles. The van der Waals surface area contributed by atoms with E-state index in [1.165, 1.54) is 10.5 Å². The maximum atomic E-state index is 5.56. The minimum Gasteiger partial charge on any atom is -0.325 e. The molecule has 88 valence electrons. The summed E-state index contributed by atoms with van der Waals surface area (Å²) in [4.78, 5) is 1.42. The van der Waals surface area contributed by atoms with E-state index < -0.39 is 0 Å². The van der Waals surface area contributed by atoms with Gasteiger partial charge in [0.2, 0.25) is 0 Å². The number of nitrogens with two attached hydrogens (primary N) is 1. The molecule has 0 radical (unpaired) electrons. The Balaban J connectivity index is 1.69. The third-order valence-corrected chi connectivity index (χ3v) is 4.31. The summed E-state index contributed by atoms with van der Waals surface area (Å²) in [6.07, 6.45) is 3.16. The highest BCUT2D eigenvalue weighted by Crippen LogP contribution is 2.37. The average Bonchev–Trinajstić information content (AvgIpc) is 2.94. The van der Waals surface area contributed by atoms with Crippen molar-refractivity contribution < 1.29 is 0 Å². The SMILES string of the molecule is NCc1ccn(CC2Cc3ccccc3S2)n1. The fourth-order valence-corrected chi connectivity index (χ4v) is 3.49. The molecule has 1 unspecified atom stereocenters. The van der Waals surface area contributed by atoms with E-state index in [1.807, 2.05) is 28.7 Å². The highest BCUT2D eigenvalue weighted by atomic mass is 32.2. The van der Waals surface area contributed by atoms with Gasteiger partial charge >= 0.3 is 0 Å². The Morgan fingerprint density at radius 1 is 1.35 bits per heavy atom. The lowest BCUT2D eigenvalue weighted by molar-refractivity contribution is 0.587. The smallest absolute Gasteiger partial charge is 0.0760 e. The molecule has 1 aliphatic rings. The first-order chi connectivity index (χ1) is 8.35. The summed E-state index contributed by atoms with van der Waals surface area (Å²) in [5, 5.41) is 5.03. The highest BCUT2D eigenvalue weighted by molar-refractivity contribution is 8.00. The summed E-state index contributed by atoms with van der Waals surface area (Å²) >= 11 is 1.96. The zero-order valence-electron chi connectivity index (χ0n) is 9.54. The third kappa shape index (κ3) is 2.23. The van der Waals surface area contributed by atoms with E-state index in [2.05, 4.69) is 29.4 Å². The molecule has 0 saturated carbocycles. The van der Waals surface area contributed by atoms with E-state index >= 15 is 0 Å². The molecule has 1 atom stereocenters. The number of hydrogen-bond donors (Lipinski definition) is 1. The molecule has 2 aromatic rings. The number of benzene rings is 1. The number of thioether (sulfide) groups is 1. The van der Waals surface area contributed by atoms with Crippen LogP contribution < -0.4 is 5.73 Å². The second-order valence-corrected chi connectivity index (χ2v) is 5.63. The van der Waals surface area contributed by atoms with Crippen molar-refractivity contribution in [2.24, 2.45) is 5.73 Å². The van der Waals surface area contributed by atoms with Crippen molar-refractivity contribution in [3.8, 4) is 0 Å². The van der Waals surface area contributed by atoms with Crippen molar-refractivity contribution in [3.63, 3.8) is 0 Å². The predicted molar refractivity (Wildman–Crippen MR) is 69.9 cm³/mol. The second kappa shape index (κ2) is 4.55. The van der Waals surface area contributed by atoms with E-state index in [1.54, 1.807) is 0 Å². The third-order valence-electron chi connectivity index (χ3n) is 3.01. The number of hydrogen-bond acceptors (Lipinski definition) is 3. The van der Waals surface area contributed by atoms with E-state index in [-0.39, 0.29) is 0 Å². The summed E-state index contributed by atoms with van der Waals surface area (Å²) in [6.45, 7) is 1.48. The summed E-state index contributed by atoms with van der Waals surface area (Å²) in [6, 6.07) is 10.6. The summed E-state index contributed by atoms with van der Waals surface area (Å²) in [7, 11) is 0. The van der Waals surface area contributed by atoms with Gasteiger partial charge in [0.05, 0.1) is 12.2 Å². The van der Waals surface area contributed by atoms with Crippen LogP contribution in [0.2, 0.25) is 0 Å². The fraction of sp³-hybridized carbons (Fsp3) is 0.308. The predicted octanol–water partition coefficient (Wildman–Crippen LogP) is 2.06. The lowest BCUT2D eigenvalue weighted by Gasteiger charge is -2.07. The first-order valence-electron chi connectivity index (χ1n) is 5.82. The van der Waals surface area contributed by atoms with Crippen molar-refractivity contribution in [3.05, 3.63) is 47.8 Å². The van der Waals surface area contributed by atoms with Gasteiger partial charge in [-0.25, -0.2) is 0 Å². The summed E-state index contributed by atoms with van der Waals surface area (Å²) in [5.41, 5.74) is 7.99. The van der Waals surface area contributed by atoms with Crippen LogP contribution >= 0.6 is 11.8 Å². The van der Waals surface area contributed by atoms with Gasteiger partial charge in [-0.2, -0.15) is 5.10 Å². The largest absolute Gasteiger partial charge is 0.325 e. The molecule has 4 heteroatoms. The fourth-order valence-electron chi connectivity index (χ4n) is 2.18. The van der Waals surface area contributed by atoms with Gasteiger partial charge in [-0.3, -0.25) is 4.68 Å². The number of aromatic nitrogens is 2. The topological polar surface area (TPSA) is 43.8 Å². The quantitative estimate of drug-likeness (QED) is 0.900. The molecular formula is C13H15N3S. The molecule has 3 nitrogen and oxygen atoms in total. The number of nitrogens with zero attached hydrogens (tertiary/aromatic N) is 2. The maximum absolute atomic E-state index is 5.56. The Labute approximate surface area is 105 Å². The summed E-state index contributed by atoms with van der Waals surface area (Å²) in [5.74, 6) is 0. The van der Waals surface area contributed by atoms with Gasteiger partial charge < -0.3 is 5.73 Å². The van der Waals surface area contributed by atoms with Crippen molar-refractivity contribution in [1.82, 2.24) is 9.78 Å². The van der Waals surface area contributed by atoms with Gasteiger partial charge in [0, 0.05) is 22.9 Å². The molecule has 0 saturated heterocycles. The molecular weight excluding hydrogens is 230 g/mol. The zero-order chi connectivity index (χ0) is 11.7.